The van der Waals surface area contributed by atoms with Crippen molar-refractivity contribution >= 4 is 22.8 Å². The van der Waals surface area contributed by atoms with Crippen molar-refractivity contribution in [3.05, 3.63) is 132 Å². The van der Waals surface area contributed by atoms with Crippen molar-refractivity contribution in [2.45, 2.75) is 32.3 Å². The van der Waals surface area contributed by atoms with Crippen LogP contribution in [0, 0.1) is 0 Å². The van der Waals surface area contributed by atoms with Gasteiger partial charge in [-0.05, 0) is 91.9 Å². The summed E-state index contributed by atoms with van der Waals surface area (Å²) < 4.78 is 5.65. The third-order valence-electron chi connectivity index (χ3n) is 6.25. The molecular weight excluding hydrogens is 458 g/mol. The highest BCUT2D eigenvalue weighted by atomic mass is 16.5. The molecule has 0 saturated carbocycles. The zero-order valence-corrected chi connectivity index (χ0v) is 21.4. The van der Waals surface area contributed by atoms with Crippen molar-refractivity contribution in [3.8, 4) is 5.75 Å². The molecule has 1 N–H and O–H groups in total. The van der Waals surface area contributed by atoms with Gasteiger partial charge >= 0.3 is 0 Å². The Bertz CT molecular complexity index is 1270. The van der Waals surface area contributed by atoms with Crippen LogP contribution in [0.5, 0.6) is 5.75 Å². The topological polar surface area (TPSA) is 49.8 Å². The van der Waals surface area contributed by atoms with Gasteiger partial charge in [-0.25, -0.2) is 0 Å². The van der Waals surface area contributed by atoms with Crippen LogP contribution >= 0.6 is 0 Å². The summed E-state index contributed by atoms with van der Waals surface area (Å²) in [5.41, 5.74) is 4.53. The lowest BCUT2D eigenvalue weighted by atomic mass is 9.97. The Labute approximate surface area is 219 Å². The van der Waals surface area contributed by atoms with Gasteiger partial charge in [0, 0.05) is 17.1 Å². The van der Waals surface area contributed by atoms with Crippen LogP contribution in [0.25, 0.3) is 0 Å². The second kappa shape index (κ2) is 11.7. The number of aliphatic hydroxyl groups is 1. The van der Waals surface area contributed by atoms with Crippen molar-refractivity contribution in [1.82, 2.24) is 0 Å². The van der Waals surface area contributed by atoms with Gasteiger partial charge in [-0.2, -0.15) is 0 Å². The fraction of sp³-hybridized carbons (Fsp3) is 0.182. The van der Waals surface area contributed by atoms with E-state index in [0.29, 0.717) is 11.3 Å². The minimum atomic E-state index is -1.59. The molecule has 37 heavy (non-hydrogen) atoms. The number of rotatable bonds is 11. The van der Waals surface area contributed by atoms with E-state index in [-0.39, 0.29) is 6.61 Å². The number of aryl methyl sites for hydroxylation is 2. The Morgan fingerprint density at radius 1 is 0.757 bits per heavy atom. The molecule has 0 amide bonds. The van der Waals surface area contributed by atoms with Crippen LogP contribution in [0.1, 0.15) is 25.0 Å². The van der Waals surface area contributed by atoms with Gasteiger partial charge in [0.1, 0.15) is 12.4 Å². The molecule has 4 nitrogen and oxygen atoms in total. The lowest BCUT2D eigenvalue weighted by Crippen LogP contribution is -2.41. The molecular formula is C33H33NO3. The molecule has 4 heteroatoms. The summed E-state index contributed by atoms with van der Waals surface area (Å²) in [6.07, 6.45) is 1.81. The molecule has 4 aromatic rings. The molecule has 0 radical (unpaired) electrons. The quantitative estimate of drug-likeness (QED) is 0.225. The monoisotopic (exact) mass is 491 g/mol. The number of hydrogen-bond acceptors (Lipinski definition) is 4. The second-order valence-electron chi connectivity index (χ2n) is 9.49. The summed E-state index contributed by atoms with van der Waals surface area (Å²) in [4.78, 5) is 14.3. The smallest absolute Gasteiger partial charge is 0.192 e. The largest absolute Gasteiger partial charge is 0.490 e. The second-order valence-corrected chi connectivity index (χ2v) is 9.49. The van der Waals surface area contributed by atoms with Crippen molar-refractivity contribution < 1.29 is 14.6 Å². The molecule has 4 rings (SSSR count). The molecule has 4 aromatic carbocycles. The molecule has 188 valence electrons. The van der Waals surface area contributed by atoms with Gasteiger partial charge in [0.2, 0.25) is 0 Å². The maximum absolute atomic E-state index is 12.0. The Balaban J connectivity index is 1.38. The van der Waals surface area contributed by atoms with E-state index in [9.17, 15) is 9.90 Å². The van der Waals surface area contributed by atoms with Crippen LogP contribution < -0.4 is 9.64 Å². The number of nitrogens with zero attached hydrogens (tertiary/aromatic N) is 1. The predicted octanol–water partition coefficient (Wildman–Crippen LogP) is 7.22. The van der Waals surface area contributed by atoms with E-state index >= 15 is 0 Å². The van der Waals surface area contributed by atoms with Crippen LogP contribution in [0.3, 0.4) is 0 Å². The fourth-order valence-electron chi connectivity index (χ4n) is 4.20. The van der Waals surface area contributed by atoms with Gasteiger partial charge < -0.3 is 14.7 Å². The van der Waals surface area contributed by atoms with Gasteiger partial charge in [-0.1, -0.05) is 67.2 Å². The van der Waals surface area contributed by atoms with Crippen molar-refractivity contribution in [3.63, 3.8) is 0 Å². The molecule has 0 aliphatic carbocycles. The number of hydrogen-bond donors (Lipinski definition) is 1. The van der Waals surface area contributed by atoms with Crippen molar-refractivity contribution in [1.29, 1.82) is 0 Å². The number of para-hydroxylation sites is 2. The van der Waals surface area contributed by atoms with E-state index in [1.165, 1.54) is 18.1 Å². The van der Waals surface area contributed by atoms with Gasteiger partial charge in [-0.15, -0.1) is 0 Å². The van der Waals surface area contributed by atoms with Crippen molar-refractivity contribution in [2.75, 3.05) is 11.5 Å². The van der Waals surface area contributed by atoms with Gasteiger partial charge in [0.15, 0.2) is 11.4 Å². The standard InChI is InChI=1S/C33H33NO3/c1-25(2)32(35)33(3,36)24-37-31-22-18-27(19-23-31)15-14-26-16-20-30(21-17-26)34(28-10-6-4-7-11-28)29-12-8-5-9-13-29/h4-13,16-23,36H,1,14-15,24H2,2-3H3. The van der Waals surface area contributed by atoms with Crippen LogP contribution in [-0.2, 0) is 17.6 Å². The highest BCUT2D eigenvalue weighted by Gasteiger charge is 2.31. The van der Waals surface area contributed by atoms with Crippen molar-refractivity contribution in [2.24, 2.45) is 0 Å². The Hall–Kier alpha value is -4.15. The fourth-order valence-corrected chi connectivity index (χ4v) is 4.20. The number of carbonyl (C=O) groups excluding carboxylic acids is 1. The normalized spacial score (nSPS) is 12.4. The van der Waals surface area contributed by atoms with Gasteiger partial charge in [0.05, 0.1) is 0 Å². The van der Waals surface area contributed by atoms with E-state index in [0.717, 1.165) is 29.9 Å². The first-order valence-electron chi connectivity index (χ1n) is 12.5. The van der Waals surface area contributed by atoms with E-state index in [1.54, 1.807) is 6.92 Å². The average Bonchev–Trinajstić information content (AvgIpc) is 2.93. The zero-order chi connectivity index (χ0) is 26.3. The van der Waals surface area contributed by atoms with E-state index in [4.69, 9.17) is 4.74 Å². The molecule has 0 aliphatic rings. The summed E-state index contributed by atoms with van der Waals surface area (Å²) in [6, 6.07) is 37.3. The lowest BCUT2D eigenvalue weighted by Gasteiger charge is -2.25. The number of anilines is 3. The Morgan fingerprint density at radius 2 is 1.19 bits per heavy atom. The molecule has 1 atom stereocenters. The predicted molar refractivity (Wildman–Crippen MR) is 151 cm³/mol. The minimum absolute atomic E-state index is 0.118. The van der Waals surface area contributed by atoms with Crippen LogP contribution in [0.15, 0.2) is 121 Å². The third kappa shape index (κ3) is 6.75. The van der Waals surface area contributed by atoms with E-state index in [1.807, 2.05) is 36.4 Å². The summed E-state index contributed by atoms with van der Waals surface area (Å²) in [5.74, 6) is 0.204. The first-order chi connectivity index (χ1) is 17.8. The van der Waals surface area contributed by atoms with Gasteiger partial charge in [-0.3, -0.25) is 4.79 Å². The molecule has 0 bridgehead atoms. The Kier molecular flexibility index (Phi) is 8.22. The molecule has 0 fully saturated rings. The van der Waals surface area contributed by atoms with Crippen LogP contribution in [-0.4, -0.2) is 23.1 Å². The highest BCUT2D eigenvalue weighted by Crippen LogP contribution is 2.34. The summed E-state index contributed by atoms with van der Waals surface area (Å²) in [5, 5.41) is 10.3. The maximum atomic E-state index is 12.0. The number of ketones is 1. The number of carbonyl (C=O) groups is 1. The average molecular weight is 492 g/mol. The third-order valence-corrected chi connectivity index (χ3v) is 6.25. The maximum Gasteiger partial charge on any atom is 0.192 e. The summed E-state index contributed by atoms with van der Waals surface area (Å²) >= 11 is 0. The summed E-state index contributed by atoms with van der Waals surface area (Å²) in [7, 11) is 0. The lowest BCUT2D eigenvalue weighted by molar-refractivity contribution is -0.134. The molecule has 0 spiro atoms. The molecule has 0 aromatic heterocycles. The first kappa shape index (κ1) is 25.9. The van der Waals surface area contributed by atoms with Crippen LogP contribution in [0.2, 0.25) is 0 Å². The van der Waals surface area contributed by atoms with Gasteiger partial charge in [0.25, 0.3) is 0 Å². The number of ether oxygens (including phenoxy) is 1. The molecule has 0 aliphatic heterocycles. The SMILES string of the molecule is C=C(C)C(=O)C(C)(O)COc1ccc(CCc2ccc(N(c3ccccc3)c3ccccc3)cc2)cc1. The molecule has 0 heterocycles. The number of benzene rings is 4. The highest BCUT2D eigenvalue weighted by molar-refractivity contribution is 6.00. The molecule has 0 saturated heterocycles. The van der Waals surface area contributed by atoms with E-state index in [2.05, 4.69) is 84.3 Å². The van der Waals surface area contributed by atoms with E-state index < -0.39 is 11.4 Å². The van der Waals surface area contributed by atoms with Crippen LogP contribution in [0.4, 0.5) is 17.1 Å². The summed E-state index contributed by atoms with van der Waals surface area (Å²) in [6.45, 7) is 6.52. The Morgan fingerprint density at radius 3 is 1.65 bits per heavy atom. The minimum Gasteiger partial charge on any atom is -0.490 e. The first-order valence-corrected chi connectivity index (χ1v) is 12.5. The zero-order valence-electron chi connectivity index (χ0n) is 21.4. The number of Topliss-reactive ketones (excluding diaryl/α,β-unsaturated/α-hetero) is 1. The molecule has 1 unspecified atom stereocenters.